The van der Waals surface area contributed by atoms with Crippen molar-refractivity contribution < 1.29 is 14.3 Å². The lowest BCUT2D eigenvalue weighted by Crippen LogP contribution is -2.34. The summed E-state index contributed by atoms with van der Waals surface area (Å²) in [6.45, 7) is 0.846. The van der Waals surface area contributed by atoms with Crippen molar-refractivity contribution in [1.29, 1.82) is 0 Å². The molecule has 2 N–H and O–H groups in total. The van der Waals surface area contributed by atoms with E-state index >= 15 is 0 Å². The lowest BCUT2D eigenvalue weighted by atomic mass is 10.1. The zero-order valence-corrected chi connectivity index (χ0v) is 9.31. The highest BCUT2D eigenvalue weighted by Gasteiger charge is 2.22. The fraction of sp³-hybridized carbons (Fsp3) is 0.333. The van der Waals surface area contributed by atoms with Crippen LogP contribution in [0.3, 0.4) is 0 Å². The molecule has 0 saturated heterocycles. The van der Waals surface area contributed by atoms with Crippen LogP contribution in [-0.2, 0) is 16.1 Å². The van der Waals surface area contributed by atoms with Crippen LogP contribution in [0.5, 0.6) is 0 Å². The van der Waals surface area contributed by atoms with Gasteiger partial charge in [0.1, 0.15) is 12.5 Å². The van der Waals surface area contributed by atoms with Crippen LogP contribution in [0.25, 0.3) is 0 Å². The van der Waals surface area contributed by atoms with E-state index in [4.69, 9.17) is 4.74 Å². The number of alkyl carbamates (subject to hydrolysis) is 1. The molecule has 17 heavy (non-hydrogen) atoms. The summed E-state index contributed by atoms with van der Waals surface area (Å²) in [5.41, 5.74) is 2.23. The van der Waals surface area contributed by atoms with Crippen molar-refractivity contribution in [2.75, 3.05) is 6.61 Å². The van der Waals surface area contributed by atoms with Crippen molar-refractivity contribution in [3.8, 4) is 0 Å². The van der Waals surface area contributed by atoms with E-state index in [1.54, 1.807) is 0 Å². The first kappa shape index (κ1) is 11.6. The fourth-order valence-corrected chi connectivity index (χ4v) is 1.79. The molecule has 1 aromatic rings. The number of hydrogen-bond donors (Lipinski definition) is 2. The number of nitrogens with one attached hydrogen (secondary N) is 2. The van der Waals surface area contributed by atoms with E-state index in [-0.39, 0.29) is 19.2 Å². The predicted molar refractivity (Wildman–Crippen MR) is 61.2 cm³/mol. The summed E-state index contributed by atoms with van der Waals surface area (Å²) < 4.78 is 4.84. The smallest absolute Gasteiger partial charge is 0.408 e. The highest BCUT2D eigenvalue weighted by atomic mass is 16.5. The predicted octanol–water partition coefficient (Wildman–Crippen LogP) is 1.10. The second-order valence-corrected chi connectivity index (χ2v) is 3.75. The minimum atomic E-state index is -0.513. The summed E-state index contributed by atoms with van der Waals surface area (Å²) in [4.78, 5) is 21.5. The molecule has 0 aromatic heterocycles. The van der Waals surface area contributed by atoms with Gasteiger partial charge in [0.25, 0.3) is 0 Å². The number of carbonyl (C=O) groups excluding carboxylic acids is 2. The summed E-state index contributed by atoms with van der Waals surface area (Å²) in [5, 5.41) is 5.87. The quantitative estimate of drug-likeness (QED) is 0.604. The monoisotopic (exact) mass is 234 g/mol. The van der Waals surface area contributed by atoms with Crippen molar-refractivity contribution in [2.45, 2.75) is 19.1 Å². The fourth-order valence-electron chi connectivity index (χ4n) is 1.79. The number of carbonyl (C=O) groups is 2. The Morgan fingerprint density at radius 2 is 2.35 bits per heavy atom. The third-order valence-corrected chi connectivity index (χ3v) is 2.59. The molecule has 0 spiro atoms. The van der Waals surface area contributed by atoms with Crippen LogP contribution >= 0.6 is 0 Å². The van der Waals surface area contributed by atoms with Gasteiger partial charge in [0, 0.05) is 13.0 Å². The van der Waals surface area contributed by atoms with Crippen molar-refractivity contribution >= 4 is 12.4 Å². The van der Waals surface area contributed by atoms with Gasteiger partial charge in [0.15, 0.2) is 0 Å². The molecule has 90 valence electrons. The molecule has 1 amide bonds. The van der Waals surface area contributed by atoms with Crippen LogP contribution < -0.4 is 10.6 Å². The molecule has 0 aliphatic carbocycles. The van der Waals surface area contributed by atoms with Gasteiger partial charge in [0.2, 0.25) is 0 Å². The van der Waals surface area contributed by atoms with Gasteiger partial charge in [-0.1, -0.05) is 24.3 Å². The van der Waals surface area contributed by atoms with Crippen LogP contribution in [0.15, 0.2) is 24.3 Å². The molecule has 1 atom stereocenters. The van der Waals surface area contributed by atoms with E-state index in [0.717, 1.165) is 18.4 Å². The second kappa shape index (κ2) is 5.45. The highest BCUT2D eigenvalue weighted by Crippen LogP contribution is 2.22. The van der Waals surface area contributed by atoms with Crippen LogP contribution in [0, 0.1) is 0 Å². The molecular formula is C12H14N2O3. The first-order valence-electron chi connectivity index (χ1n) is 5.49. The number of fused-ring (bicyclic) bond motifs is 1. The first-order chi connectivity index (χ1) is 8.31. The second-order valence-electron chi connectivity index (χ2n) is 3.75. The van der Waals surface area contributed by atoms with Crippen LogP contribution in [0.2, 0.25) is 0 Å². The van der Waals surface area contributed by atoms with E-state index in [1.807, 2.05) is 24.3 Å². The zero-order valence-electron chi connectivity index (χ0n) is 9.31. The first-order valence-corrected chi connectivity index (χ1v) is 5.49. The Morgan fingerprint density at radius 3 is 3.18 bits per heavy atom. The molecule has 0 bridgehead atoms. The van der Waals surface area contributed by atoms with Gasteiger partial charge in [-0.2, -0.15) is 0 Å². The Hall–Kier alpha value is -1.88. The van der Waals surface area contributed by atoms with E-state index in [2.05, 4.69) is 10.6 Å². The molecular weight excluding hydrogens is 220 g/mol. The number of rotatable bonds is 4. The maximum atomic E-state index is 11.4. The normalized spacial score (nSPS) is 17.3. The average molecular weight is 234 g/mol. The topological polar surface area (TPSA) is 67.4 Å². The van der Waals surface area contributed by atoms with Gasteiger partial charge >= 0.3 is 6.09 Å². The Morgan fingerprint density at radius 1 is 1.53 bits per heavy atom. The Kier molecular flexibility index (Phi) is 3.72. The van der Waals surface area contributed by atoms with Crippen LogP contribution in [0.4, 0.5) is 4.79 Å². The van der Waals surface area contributed by atoms with Gasteiger partial charge < -0.3 is 14.8 Å². The van der Waals surface area contributed by atoms with Gasteiger partial charge in [-0.25, -0.2) is 4.79 Å². The minimum absolute atomic E-state index is 0.115. The molecule has 0 saturated carbocycles. The summed E-state index contributed by atoms with van der Waals surface area (Å²) in [6, 6.07) is 7.87. The van der Waals surface area contributed by atoms with Gasteiger partial charge in [-0.05, 0) is 11.1 Å². The molecule has 1 aliphatic rings. The Bertz CT molecular complexity index is 420. The maximum absolute atomic E-state index is 11.4. The minimum Gasteiger partial charge on any atom is -0.449 e. The number of amides is 1. The third-order valence-electron chi connectivity index (χ3n) is 2.59. The van der Waals surface area contributed by atoms with Crippen LogP contribution in [0.1, 0.15) is 23.7 Å². The Labute approximate surface area is 99.2 Å². The lowest BCUT2D eigenvalue weighted by Gasteiger charge is -2.14. The van der Waals surface area contributed by atoms with Crippen molar-refractivity contribution in [1.82, 2.24) is 10.6 Å². The maximum Gasteiger partial charge on any atom is 0.408 e. The molecule has 1 aliphatic heterocycles. The van der Waals surface area contributed by atoms with E-state index < -0.39 is 6.09 Å². The average Bonchev–Trinajstić information content (AvgIpc) is 2.73. The van der Waals surface area contributed by atoms with Gasteiger partial charge in [-0.15, -0.1) is 0 Å². The van der Waals surface area contributed by atoms with Crippen molar-refractivity contribution in [2.24, 2.45) is 0 Å². The molecule has 2 rings (SSSR count). The zero-order chi connectivity index (χ0) is 12.1. The molecule has 5 nitrogen and oxygen atoms in total. The van der Waals surface area contributed by atoms with E-state index in [1.165, 1.54) is 5.56 Å². The molecule has 1 aromatic carbocycles. The molecule has 5 heteroatoms. The molecule has 1 heterocycles. The standard InChI is InChI=1S/C12H14N2O3/c15-6-3-7-17-12(16)14-11-10-5-2-1-4-9(10)8-13-11/h1-2,4-6,11,13H,3,7-8H2,(H,14,16). The van der Waals surface area contributed by atoms with E-state index in [9.17, 15) is 9.59 Å². The summed E-state index contributed by atoms with van der Waals surface area (Å²) in [5.74, 6) is 0. The molecule has 1 unspecified atom stereocenters. The third kappa shape index (κ3) is 2.82. The number of aldehydes is 1. The highest BCUT2D eigenvalue weighted by molar-refractivity contribution is 5.68. The van der Waals surface area contributed by atoms with Crippen molar-refractivity contribution in [3.05, 3.63) is 35.4 Å². The largest absolute Gasteiger partial charge is 0.449 e. The Balaban J connectivity index is 1.88. The SMILES string of the molecule is O=CCCOC(=O)NC1NCc2ccccc21. The number of ether oxygens (including phenoxy) is 1. The summed E-state index contributed by atoms with van der Waals surface area (Å²) in [6.07, 6.45) is 0.217. The van der Waals surface area contributed by atoms with Crippen molar-refractivity contribution in [3.63, 3.8) is 0 Å². The summed E-state index contributed by atoms with van der Waals surface area (Å²) in [7, 11) is 0. The molecule has 0 fully saturated rings. The number of benzene rings is 1. The number of hydrogen-bond acceptors (Lipinski definition) is 4. The summed E-state index contributed by atoms with van der Waals surface area (Å²) >= 11 is 0. The molecule has 0 radical (unpaired) electrons. The lowest BCUT2D eigenvalue weighted by molar-refractivity contribution is -0.108. The van der Waals surface area contributed by atoms with Gasteiger partial charge in [-0.3, -0.25) is 5.32 Å². The van der Waals surface area contributed by atoms with E-state index in [0.29, 0.717) is 0 Å². The van der Waals surface area contributed by atoms with Crippen LogP contribution in [-0.4, -0.2) is 19.0 Å². The van der Waals surface area contributed by atoms with Gasteiger partial charge in [0.05, 0.1) is 6.61 Å².